The number of anilines is 3. The summed E-state index contributed by atoms with van der Waals surface area (Å²) in [5.41, 5.74) is 15.1. The summed E-state index contributed by atoms with van der Waals surface area (Å²) in [6, 6.07) is 95.3. The minimum absolute atomic E-state index is 1.08. The molecule has 0 saturated heterocycles. The van der Waals surface area contributed by atoms with E-state index in [2.05, 4.69) is 266 Å². The van der Waals surface area contributed by atoms with E-state index in [-0.39, 0.29) is 0 Å². The van der Waals surface area contributed by atoms with Crippen LogP contribution in [0, 0.1) is 0 Å². The lowest BCUT2D eigenvalue weighted by Gasteiger charge is -2.29. The maximum Gasteiger partial charge on any atom is 0.0546 e. The summed E-state index contributed by atoms with van der Waals surface area (Å²) in [6.07, 6.45) is 0. The zero-order valence-corrected chi connectivity index (χ0v) is 35.8. The van der Waals surface area contributed by atoms with Crippen molar-refractivity contribution in [2.24, 2.45) is 0 Å². The Morgan fingerprint density at radius 2 is 0.615 bits per heavy atom. The Bertz CT molecular complexity index is 3670. The molecule has 0 aliphatic heterocycles. The van der Waals surface area contributed by atoms with Crippen molar-refractivity contribution in [1.82, 2.24) is 0 Å². The lowest BCUT2D eigenvalue weighted by Crippen LogP contribution is -2.11. The van der Waals surface area contributed by atoms with E-state index in [1.807, 2.05) is 0 Å². The fourth-order valence-corrected chi connectivity index (χ4v) is 9.75. The summed E-state index contributed by atoms with van der Waals surface area (Å²) in [7, 11) is 0. The third-order valence-electron chi connectivity index (χ3n) is 13.1. The quantitative estimate of drug-likeness (QED) is 0.138. The van der Waals surface area contributed by atoms with E-state index in [1.165, 1.54) is 87.6 Å². The number of rotatable bonds is 8. The number of nitrogens with zero attached hydrogens (tertiary/aromatic N) is 1. The van der Waals surface area contributed by atoms with Crippen LogP contribution in [0.2, 0.25) is 0 Å². The highest BCUT2D eigenvalue weighted by molar-refractivity contribution is 6.14. The molecule has 12 rings (SSSR count). The summed E-state index contributed by atoms with van der Waals surface area (Å²) < 4.78 is 0. The highest BCUT2D eigenvalue weighted by Crippen LogP contribution is 2.45. The van der Waals surface area contributed by atoms with Gasteiger partial charge in [-0.2, -0.15) is 0 Å². The molecule has 0 bridgehead atoms. The molecule has 0 aliphatic rings. The smallest absolute Gasteiger partial charge is 0.0546 e. The SMILES string of the molecule is c1ccc(-c2ccc(-c3ccc(N(c4ccc(-c5ccc6c(ccc7ccccc76)c5)cc4)c4cc(-c5cc6ccccc6c6ccccc56)ccc4-c4ccccc4)cc3)cc2)cc1. The Morgan fingerprint density at radius 1 is 0.200 bits per heavy atom. The number of hydrogen-bond acceptors (Lipinski definition) is 1. The standard InChI is InChI=1S/C64H43N/c1-3-13-44(14-4-1)45-23-25-46(26-24-45)47-29-35-55(36-30-47)65(56-37-31-48(32-38-56)51-33-39-59-53(41-51)28-27-50-17-7-9-19-57(50)59)64-43-54(34-40-60(64)49-15-5-2-6-16-49)63-42-52-18-8-10-20-58(52)61-21-11-12-22-62(61)63/h1-43H. The van der Waals surface area contributed by atoms with Crippen LogP contribution < -0.4 is 4.90 Å². The summed E-state index contributed by atoms with van der Waals surface area (Å²) in [6.45, 7) is 0. The van der Waals surface area contributed by atoms with Gasteiger partial charge >= 0.3 is 0 Å². The van der Waals surface area contributed by atoms with Crippen molar-refractivity contribution in [3.63, 3.8) is 0 Å². The van der Waals surface area contributed by atoms with Crippen LogP contribution in [0.15, 0.2) is 261 Å². The van der Waals surface area contributed by atoms with Gasteiger partial charge in [0.05, 0.1) is 5.69 Å². The van der Waals surface area contributed by atoms with Gasteiger partial charge in [0.1, 0.15) is 0 Å². The molecule has 1 heteroatoms. The van der Waals surface area contributed by atoms with Crippen LogP contribution in [0.4, 0.5) is 17.1 Å². The van der Waals surface area contributed by atoms with Crippen LogP contribution in [0.25, 0.3) is 98.7 Å². The zero-order valence-electron chi connectivity index (χ0n) is 35.8. The van der Waals surface area contributed by atoms with Crippen LogP contribution in [0.3, 0.4) is 0 Å². The Labute approximate surface area is 379 Å². The van der Waals surface area contributed by atoms with Gasteiger partial charge in [-0.3, -0.25) is 0 Å². The monoisotopic (exact) mass is 825 g/mol. The molecule has 0 aliphatic carbocycles. The molecular formula is C64H43N. The molecule has 65 heavy (non-hydrogen) atoms. The largest absolute Gasteiger partial charge is 0.310 e. The average molecular weight is 826 g/mol. The lowest BCUT2D eigenvalue weighted by molar-refractivity contribution is 1.28. The summed E-state index contributed by atoms with van der Waals surface area (Å²) in [5.74, 6) is 0. The van der Waals surface area contributed by atoms with Crippen LogP contribution >= 0.6 is 0 Å². The van der Waals surface area contributed by atoms with E-state index < -0.39 is 0 Å². The first kappa shape index (κ1) is 38.2. The minimum atomic E-state index is 1.08. The van der Waals surface area contributed by atoms with E-state index in [0.29, 0.717) is 0 Å². The first-order valence-electron chi connectivity index (χ1n) is 22.4. The molecule has 1 nitrogen and oxygen atoms in total. The molecule has 0 unspecified atom stereocenters. The first-order chi connectivity index (χ1) is 32.2. The third kappa shape index (κ3) is 7.10. The van der Waals surface area contributed by atoms with Gasteiger partial charge in [0.15, 0.2) is 0 Å². The maximum atomic E-state index is 2.44. The molecule has 0 amide bonds. The molecule has 0 N–H and O–H groups in total. The third-order valence-corrected chi connectivity index (χ3v) is 13.1. The molecule has 0 saturated carbocycles. The first-order valence-corrected chi connectivity index (χ1v) is 22.4. The summed E-state index contributed by atoms with van der Waals surface area (Å²) in [5, 5.41) is 10.1. The maximum absolute atomic E-state index is 2.44. The molecule has 0 heterocycles. The Kier molecular flexibility index (Phi) is 9.58. The van der Waals surface area contributed by atoms with Gasteiger partial charge in [-0.25, -0.2) is 0 Å². The van der Waals surface area contributed by atoms with Crippen molar-refractivity contribution in [2.45, 2.75) is 0 Å². The normalized spacial score (nSPS) is 11.4. The second-order valence-electron chi connectivity index (χ2n) is 16.9. The highest BCUT2D eigenvalue weighted by atomic mass is 15.1. The van der Waals surface area contributed by atoms with E-state index in [4.69, 9.17) is 0 Å². The van der Waals surface area contributed by atoms with Gasteiger partial charge in [0.25, 0.3) is 0 Å². The predicted octanol–water partition coefficient (Wildman–Crippen LogP) is 18.1. The van der Waals surface area contributed by atoms with Crippen LogP contribution in [0.5, 0.6) is 0 Å². The number of benzene rings is 12. The molecule has 0 spiro atoms. The van der Waals surface area contributed by atoms with Gasteiger partial charge < -0.3 is 4.90 Å². The molecule has 0 atom stereocenters. The molecule has 0 fully saturated rings. The highest BCUT2D eigenvalue weighted by Gasteiger charge is 2.20. The molecule has 0 radical (unpaired) electrons. The van der Waals surface area contributed by atoms with Crippen molar-refractivity contribution in [1.29, 1.82) is 0 Å². The fraction of sp³-hybridized carbons (Fsp3) is 0. The Morgan fingerprint density at radius 3 is 1.26 bits per heavy atom. The van der Waals surface area contributed by atoms with Crippen molar-refractivity contribution in [2.75, 3.05) is 4.90 Å². The number of fused-ring (bicyclic) bond motifs is 6. The van der Waals surface area contributed by atoms with Crippen molar-refractivity contribution < 1.29 is 0 Å². The van der Waals surface area contributed by atoms with Gasteiger partial charge in [-0.05, 0) is 136 Å². The van der Waals surface area contributed by atoms with Gasteiger partial charge in [-0.15, -0.1) is 0 Å². The Balaban J connectivity index is 1.01. The lowest BCUT2D eigenvalue weighted by atomic mass is 9.91. The Hall–Kier alpha value is -8.52. The average Bonchev–Trinajstić information content (AvgIpc) is 3.39. The van der Waals surface area contributed by atoms with Crippen LogP contribution in [-0.2, 0) is 0 Å². The van der Waals surface area contributed by atoms with Gasteiger partial charge in [0, 0.05) is 16.9 Å². The second kappa shape index (κ2) is 16.3. The topological polar surface area (TPSA) is 3.24 Å². The van der Waals surface area contributed by atoms with Crippen molar-refractivity contribution >= 4 is 60.2 Å². The molecule has 0 aromatic heterocycles. The second-order valence-corrected chi connectivity index (χ2v) is 16.9. The van der Waals surface area contributed by atoms with E-state index in [9.17, 15) is 0 Å². The zero-order chi connectivity index (χ0) is 43.1. The van der Waals surface area contributed by atoms with Crippen molar-refractivity contribution in [3.05, 3.63) is 261 Å². The van der Waals surface area contributed by atoms with Gasteiger partial charge in [-0.1, -0.05) is 218 Å². The summed E-state index contributed by atoms with van der Waals surface area (Å²) in [4.78, 5) is 2.44. The van der Waals surface area contributed by atoms with Gasteiger partial charge in [0.2, 0.25) is 0 Å². The van der Waals surface area contributed by atoms with Crippen LogP contribution in [-0.4, -0.2) is 0 Å². The van der Waals surface area contributed by atoms with Crippen LogP contribution in [0.1, 0.15) is 0 Å². The molecule has 304 valence electrons. The summed E-state index contributed by atoms with van der Waals surface area (Å²) >= 11 is 0. The van der Waals surface area contributed by atoms with E-state index in [0.717, 1.165) is 28.2 Å². The van der Waals surface area contributed by atoms with E-state index >= 15 is 0 Å². The molecular weight excluding hydrogens is 783 g/mol. The number of hydrogen-bond donors (Lipinski definition) is 0. The molecule has 12 aromatic carbocycles. The molecule has 12 aromatic rings. The predicted molar refractivity (Wildman–Crippen MR) is 278 cm³/mol. The minimum Gasteiger partial charge on any atom is -0.310 e. The van der Waals surface area contributed by atoms with E-state index in [1.54, 1.807) is 0 Å². The van der Waals surface area contributed by atoms with Crippen molar-refractivity contribution in [3.8, 4) is 55.6 Å². The fourth-order valence-electron chi connectivity index (χ4n) is 9.75.